The van der Waals surface area contributed by atoms with Crippen molar-refractivity contribution in [3.05, 3.63) is 0 Å². The van der Waals surface area contributed by atoms with E-state index in [1.807, 2.05) is 0 Å². The maximum atomic E-state index is 3.59. The first-order chi connectivity index (χ1) is 7.56. The van der Waals surface area contributed by atoms with Gasteiger partial charge in [-0.3, -0.25) is 0 Å². The summed E-state index contributed by atoms with van der Waals surface area (Å²) >= 11 is 0. The van der Waals surface area contributed by atoms with Crippen LogP contribution in [0.5, 0.6) is 0 Å². The average Bonchev–Trinajstić information content (AvgIpc) is 2.20. The summed E-state index contributed by atoms with van der Waals surface area (Å²) in [6.07, 6.45) is 6.97. The minimum atomic E-state index is 0.776. The molecule has 1 nitrogen and oxygen atoms in total. The Bertz CT molecular complexity index is 140. The number of nitrogens with one attached hydrogen (secondary N) is 1. The van der Waals surface area contributed by atoms with Gasteiger partial charge < -0.3 is 5.32 Å². The molecule has 0 fully saturated rings. The zero-order chi connectivity index (χ0) is 12.4. The third-order valence-corrected chi connectivity index (χ3v) is 3.21. The Kier molecular flexibility index (Phi) is 10.1. The third kappa shape index (κ3) is 10.5. The highest BCUT2D eigenvalue weighted by Gasteiger charge is 2.06. The number of rotatable bonds is 10. The number of hydrogen-bond donors (Lipinski definition) is 1. The highest BCUT2D eigenvalue weighted by atomic mass is 14.9. The molecule has 0 spiro atoms. The summed E-state index contributed by atoms with van der Waals surface area (Å²) in [6, 6.07) is 0. The fourth-order valence-corrected chi connectivity index (χ4v) is 2.01. The molecule has 0 aromatic rings. The highest BCUT2D eigenvalue weighted by Crippen LogP contribution is 2.15. The van der Waals surface area contributed by atoms with Gasteiger partial charge in [0.05, 0.1) is 0 Å². The molecule has 16 heavy (non-hydrogen) atoms. The Morgan fingerprint density at radius 1 is 0.812 bits per heavy atom. The van der Waals surface area contributed by atoms with Gasteiger partial charge in [-0.2, -0.15) is 0 Å². The van der Waals surface area contributed by atoms with Crippen molar-refractivity contribution in [1.82, 2.24) is 5.32 Å². The molecule has 0 aliphatic carbocycles. The van der Waals surface area contributed by atoms with Crippen LogP contribution < -0.4 is 5.32 Å². The third-order valence-electron chi connectivity index (χ3n) is 3.21. The van der Waals surface area contributed by atoms with Crippen LogP contribution in [0.4, 0.5) is 0 Å². The topological polar surface area (TPSA) is 12.0 Å². The summed E-state index contributed by atoms with van der Waals surface area (Å²) in [4.78, 5) is 0. The van der Waals surface area contributed by atoms with E-state index in [0.717, 1.165) is 17.8 Å². The van der Waals surface area contributed by atoms with Crippen LogP contribution in [-0.4, -0.2) is 13.1 Å². The first-order valence-corrected chi connectivity index (χ1v) is 7.26. The van der Waals surface area contributed by atoms with E-state index in [-0.39, 0.29) is 0 Å². The molecule has 1 N–H and O–H groups in total. The zero-order valence-electron chi connectivity index (χ0n) is 12.2. The maximum absolute atomic E-state index is 3.59. The van der Waals surface area contributed by atoms with Gasteiger partial charge in [0, 0.05) is 0 Å². The van der Waals surface area contributed by atoms with Gasteiger partial charge in [-0.1, -0.05) is 60.3 Å². The molecule has 98 valence electrons. The summed E-state index contributed by atoms with van der Waals surface area (Å²) < 4.78 is 0. The van der Waals surface area contributed by atoms with Crippen LogP contribution in [-0.2, 0) is 0 Å². The zero-order valence-corrected chi connectivity index (χ0v) is 12.2. The van der Waals surface area contributed by atoms with Gasteiger partial charge in [0.2, 0.25) is 0 Å². The molecule has 0 saturated heterocycles. The second kappa shape index (κ2) is 10.1. The number of hydrogen-bond acceptors (Lipinski definition) is 1. The van der Waals surface area contributed by atoms with E-state index >= 15 is 0 Å². The standard InChI is InChI=1S/C15H33N/c1-6-15(12-16-11-14(4)5)10-8-7-9-13(2)3/h13-16H,6-12H2,1-5H3. The minimum absolute atomic E-state index is 0.776. The van der Waals surface area contributed by atoms with Crippen LogP contribution in [0.15, 0.2) is 0 Å². The SMILES string of the molecule is CCC(CCCCC(C)C)CNCC(C)C. The lowest BCUT2D eigenvalue weighted by Crippen LogP contribution is -2.26. The van der Waals surface area contributed by atoms with Gasteiger partial charge in [-0.15, -0.1) is 0 Å². The van der Waals surface area contributed by atoms with Crippen molar-refractivity contribution in [2.24, 2.45) is 17.8 Å². The summed E-state index contributed by atoms with van der Waals surface area (Å²) in [6.45, 7) is 13.9. The molecule has 1 unspecified atom stereocenters. The predicted molar refractivity (Wildman–Crippen MR) is 74.8 cm³/mol. The van der Waals surface area contributed by atoms with Gasteiger partial charge >= 0.3 is 0 Å². The van der Waals surface area contributed by atoms with Gasteiger partial charge in [0.25, 0.3) is 0 Å². The van der Waals surface area contributed by atoms with Crippen LogP contribution >= 0.6 is 0 Å². The lowest BCUT2D eigenvalue weighted by Gasteiger charge is -2.17. The molecule has 0 amide bonds. The lowest BCUT2D eigenvalue weighted by molar-refractivity contribution is 0.393. The minimum Gasteiger partial charge on any atom is -0.316 e. The largest absolute Gasteiger partial charge is 0.316 e. The van der Waals surface area contributed by atoms with E-state index in [4.69, 9.17) is 0 Å². The van der Waals surface area contributed by atoms with Crippen molar-refractivity contribution < 1.29 is 0 Å². The van der Waals surface area contributed by atoms with Crippen molar-refractivity contribution in [1.29, 1.82) is 0 Å². The highest BCUT2D eigenvalue weighted by molar-refractivity contribution is 4.62. The molecule has 0 rings (SSSR count). The van der Waals surface area contributed by atoms with E-state index in [0.29, 0.717) is 0 Å². The second-order valence-electron chi connectivity index (χ2n) is 6.00. The molecule has 0 aliphatic heterocycles. The van der Waals surface area contributed by atoms with Crippen LogP contribution in [0.3, 0.4) is 0 Å². The van der Waals surface area contributed by atoms with E-state index in [1.165, 1.54) is 45.2 Å². The quantitative estimate of drug-likeness (QED) is 0.543. The lowest BCUT2D eigenvalue weighted by atomic mass is 9.96. The molecule has 0 bridgehead atoms. The number of unbranched alkanes of at least 4 members (excludes halogenated alkanes) is 1. The van der Waals surface area contributed by atoms with Crippen molar-refractivity contribution in [3.63, 3.8) is 0 Å². The van der Waals surface area contributed by atoms with Crippen LogP contribution in [0, 0.1) is 17.8 Å². The van der Waals surface area contributed by atoms with Crippen LogP contribution in [0.1, 0.15) is 66.7 Å². The van der Waals surface area contributed by atoms with Gasteiger partial charge in [0.15, 0.2) is 0 Å². The molecular weight excluding hydrogens is 194 g/mol. The molecular formula is C15H33N. The van der Waals surface area contributed by atoms with Crippen molar-refractivity contribution in [2.75, 3.05) is 13.1 Å². The molecule has 0 saturated carbocycles. The normalized spacial score (nSPS) is 13.7. The van der Waals surface area contributed by atoms with E-state index in [1.54, 1.807) is 0 Å². The first-order valence-electron chi connectivity index (χ1n) is 7.26. The van der Waals surface area contributed by atoms with Gasteiger partial charge in [0.1, 0.15) is 0 Å². The van der Waals surface area contributed by atoms with E-state index < -0.39 is 0 Å². The Labute approximate surface area is 103 Å². The predicted octanol–water partition coefficient (Wildman–Crippen LogP) is 4.47. The van der Waals surface area contributed by atoms with Crippen molar-refractivity contribution in [3.8, 4) is 0 Å². The summed E-state index contributed by atoms with van der Waals surface area (Å²) in [7, 11) is 0. The molecule has 0 aromatic heterocycles. The summed E-state index contributed by atoms with van der Waals surface area (Å²) in [5, 5.41) is 3.59. The monoisotopic (exact) mass is 227 g/mol. The molecule has 1 atom stereocenters. The Balaban J connectivity index is 3.44. The molecule has 1 heteroatoms. The van der Waals surface area contributed by atoms with Crippen LogP contribution in [0.25, 0.3) is 0 Å². The van der Waals surface area contributed by atoms with E-state index in [9.17, 15) is 0 Å². The summed E-state index contributed by atoms with van der Waals surface area (Å²) in [5.41, 5.74) is 0. The van der Waals surface area contributed by atoms with Crippen molar-refractivity contribution in [2.45, 2.75) is 66.7 Å². The molecule has 0 heterocycles. The van der Waals surface area contributed by atoms with Gasteiger partial charge in [-0.25, -0.2) is 0 Å². The second-order valence-corrected chi connectivity index (χ2v) is 6.00. The van der Waals surface area contributed by atoms with E-state index in [2.05, 4.69) is 39.9 Å². The van der Waals surface area contributed by atoms with Crippen LogP contribution in [0.2, 0.25) is 0 Å². The smallest absolute Gasteiger partial charge is 0.00205 e. The fourth-order valence-electron chi connectivity index (χ4n) is 2.01. The fraction of sp³-hybridized carbons (Fsp3) is 1.00. The molecule has 0 aromatic carbocycles. The first kappa shape index (κ1) is 16.0. The van der Waals surface area contributed by atoms with Gasteiger partial charge in [-0.05, 0) is 37.3 Å². The molecule has 0 radical (unpaired) electrons. The van der Waals surface area contributed by atoms with Crippen molar-refractivity contribution >= 4 is 0 Å². The molecule has 0 aliphatic rings. The Morgan fingerprint density at radius 2 is 1.44 bits per heavy atom. The summed E-state index contributed by atoms with van der Waals surface area (Å²) in [5.74, 6) is 2.54. The average molecular weight is 227 g/mol. The maximum Gasteiger partial charge on any atom is -0.00205 e. The Morgan fingerprint density at radius 3 is 1.94 bits per heavy atom. The Hall–Kier alpha value is -0.0400.